The largest absolute Gasteiger partial charge is 0.384 e. The van der Waals surface area contributed by atoms with Crippen LogP contribution in [0.5, 0.6) is 0 Å². The number of halogens is 2. The fourth-order valence-corrected chi connectivity index (χ4v) is 2.17. The maximum atomic E-state index is 12.3. The summed E-state index contributed by atoms with van der Waals surface area (Å²) in [4.78, 5) is 48.0. The van der Waals surface area contributed by atoms with Crippen LogP contribution in [0.25, 0.3) is 0 Å². The van der Waals surface area contributed by atoms with Crippen LogP contribution in [0.4, 0.5) is 5.82 Å². The highest BCUT2D eigenvalue weighted by Gasteiger charge is 2.21. The van der Waals surface area contributed by atoms with Gasteiger partial charge in [-0.05, 0) is 0 Å². The van der Waals surface area contributed by atoms with Crippen molar-refractivity contribution in [1.82, 2.24) is 18.9 Å². The van der Waals surface area contributed by atoms with Gasteiger partial charge in [0.05, 0.1) is 11.2 Å². The Morgan fingerprint density at radius 2 is 1.78 bits per heavy atom. The lowest BCUT2D eigenvalue weighted by molar-refractivity contribution is 0.0963. The molecule has 0 aliphatic rings. The van der Waals surface area contributed by atoms with E-state index in [2.05, 4.69) is 5.10 Å². The Morgan fingerprint density at radius 1 is 1.17 bits per heavy atom. The Hall–Kier alpha value is -2.39. The molecule has 0 bridgehead atoms. The molecule has 9 nitrogen and oxygen atoms in total. The molecule has 0 aromatic carbocycles. The van der Waals surface area contributed by atoms with Crippen molar-refractivity contribution in [1.29, 1.82) is 0 Å². The molecule has 0 atom stereocenters. The second kappa shape index (κ2) is 6.01. The van der Waals surface area contributed by atoms with Gasteiger partial charge in [0.1, 0.15) is 22.9 Å². The van der Waals surface area contributed by atoms with Crippen LogP contribution >= 0.6 is 23.2 Å². The molecule has 0 unspecified atom stereocenters. The molecule has 0 fully saturated rings. The second-order valence-electron chi connectivity index (χ2n) is 4.66. The summed E-state index contributed by atoms with van der Waals surface area (Å²) < 4.78 is 2.45. The van der Waals surface area contributed by atoms with Crippen LogP contribution in [0, 0.1) is 0 Å². The van der Waals surface area contributed by atoms with Crippen LogP contribution in [-0.4, -0.2) is 24.7 Å². The highest BCUT2D eigenvalue weighted by atomic mass is 35.5. The molecule has 2 aromatic rings. The number of Topliss-reactive ketones (excluding diaryl/α,β-unsaturated/α-hetero) is 1. The van der Waals surface area contributed by atoms with Crippen LogP contribution in [0.2, 0.25) is 10.0 Å². The lowest BCUT2D eigenvalue weighted by atomic mass is 10.2. The molecule has 2 rings (SSSR count). The van der Waals surface area contributed by atoms with E-state index in [1.807, 2.05) is 0 Å². The van der Waals surface area contributed by atoms with Crippen LogP contribution in [0.3, 0.4) is 0 Å². The van der Waals surface area contributed by atoms with Crippen molar-refractivity contribution in [3.8, 4) is 0 Å². The maximum absolute atomic E-state index is 12.3. The van der Waals surface area contributed by atoms with E-state index < -0.39 is 34.7 Å². The van der Waals surface area contributed by atoms with Gasteiger partial charge in [-0.2, -0.15) is 5.10 Å². The van der Waals surface area contributed by atoms with Gasteiger partial charge < -0.3 is 5.73 Å². The molecule has 0 saturated carbocycles. The summed E-state index contributed by atoms with van der Waals surface area (Å²) >= 11 is 11.3. The molecule has 0 aliphatic carbocycles. The van der Waals surface area contributed by atoms with Gasteiger partial charge in [-0.25, -0.2) is 9.48 Å². The summed E-state index contributed by atoms with van der Waals surface area (Å²) in [5.74, 6) is -1.08. The molecule has 0 spiro atoms. The zero-order valence-corrected chi connectivity index (χ0v) is 13.6. The summed E-state index contributed by atoms with van der Waals surface area (Å²) in [6.45, 7) is -0.576. The molecule has 0 radical (unpaired) electrons. The van der Waals surface area contributed by atoms with E-state index in [1.165, 1.54) is 14.1 Å². The third kappa shape index (κ3) is 2.80. The fourth-order valence-electron chi connectivity index (χ4n) is 1.89. The molecule has 0 amide bonds. The standard InChI is InChI=1S/C12H11Cl2N5O4/c1-17-9(15)7(10(21)18(2)12(17)23)6(20)4-19-11(22)8(14)5(13)3-16-19/h3H,4,15H2,1-2H3. The first-order chi connectivity index (χ1) is 10.7. The van der Waals surface area contributed by atoms with Crippen molar-refractivity contribution in [2.24, 2.45) is 14.1 Å². The van der Waals surface area contributed by atoms with Crippen molar-refractivity contribution < 1.29 is 4.79 Å². The minimum absolute atomic E-state index is 0.0575. The zero-order chi connectivity index (χ0) is 17.5. The lowest BCUT2D eigenvalue weighted by Crippen LogP contribution is -2.42. The zero-order valence-electron chi connectivity index (χ0n) is 12.0. The Morgan fingerprint density at radius 3 is 2.39 bits per heavy atom. The number of rotatable bonds is 3. The second-order valence-corrected chi connectivity index (χ2v) is 5.44. The van der Waals surface area contributed by atoms with Gasteiger partial charge in [-0.1, -0.05) is 23.2 Å². The number of hydrogen-bond donors (Lipinski definition) is 1. The number of carbonyl (C=O) groups is 1. The van der Waals surface area contributed by atoms with E-state index in [-0.39, 0.29) is 15.9 Å². The smallest absolute Gasteiger partial charge is 0.332 e. The molecule has 2 heterocycles. The highest BCUT2D eigenvalue weighted by molar-refractivity contribution is 6.41. The summed E-state index contributed by atoms with van der Waals surface area (Å²) in [7, 11) is 2.53. The molecule has 0 saturated heterocycles. The van der Waals surface area contributed by atoms with Crippen molar-refractivity contribution in [3.63, 3.8) is 0 Å². The lowest BCUT2D eigenvalue weighted by Gasteiger charge is -2.11. The molecular weight excluding hydrogens is 349 g/mol. The summed E-state index contributed by atoms with van der Waals surface area (Å²) in [6.07, 6.45) is 1.10. The minimum Gasteiger partial charge on any atom is -0.384 e. The van der Waals surface area contributed by atoms with E-state index in [0.717, 1.165) is 20.0 Å². The van der Waals surface area contributed by atoms with E-state index in [9.17, 15) is 19.2 Å². The molecule has 23 heavy (non-hydrogen) atoms. The summed E-state index contributed by atoms with van der Waals surface area (Å²) in [5, 5.41) is 3.32. The number of carbonyl (C=O) groups excluding carboxylic acids is 1. The van der Waals surface area contributed by atoms with Gasteiger partial charge in [0, 0.05) is 14.1 Å². The van der Waals surface area contributed by atoms with E-state index in [1.54, 1.807) is 0 Å². The number of nitrogens with zero attached hydrogens (tertiary/aromatic N) is 4. The first-order valence-electron chi connectivity index (χ1n) is 6.16. The number of anilines is 1. The first-order valence-corrected chi connectivity index (χ1v) is 6.92. The van der Waals surface area contributed by atoms with E-state index in [4.69, 9.17) is 28.9 Å². The molecule has 2 aromatic heterocycles. The number of ketones is 1. The maximum Gasteiger partial charge on any atom is 0.332 e. The number of nitrogen functional groups attached to an aromatic ring is 1. The summed E-state index contributed by atoms with van der Waals surface area (Å²) in [5.41, 5.74) is 2.95. The number of nitrogens with two attached hydrogens (primary N) is 1. The van der Waals surface area contributed by atoms with E-state index in [0.29, 0.717) is 0 Å². The van der Waals surface area contributed by atoms with Crippen LogP contribution in [-0.2, 0) is 20.6 Å². The molecular formula is C12H11Cl2N5O4. The van der Waals surface area contributed by atoms with Crippen molar-refractivity contribution in [3.05, 3.63) is 53.0 Å². The predicted molar refractivity (Wildman–Crippen MR) is 84.2 cm³/mol. The van der Waals surface area contributed by atoms with Gasteiger partial charge in [0.15, 0.2) is 5.78 Å². The van der Waals surface area contributed by atoms with Crippen LogP contribution in [0.1, 0.15) is 10.4 Å². The summed E-state index contributed by atoms with van der Waals surface area (Å²) in [6, 6.07) is 0. The van der Waals surface area contributed by atoms with Gasteiger partial charge in [-0.3, -0.25) is 23.5 Å². The highest BCUT2D eigenvalue weighted by Crippen LogP contribution is 2.14. The van der Waals surface area contributed by atoms with Gasteiger partial charge in [0.2, 0.25) is 0 Å². The third-order valence-electron chi connectivity index (χ3n) is 3.22. The average molecular weight is 360 g/mol. The molecule has 11 heteroatoms. The number of aromatic nitrogens is 4. The van der Waals surface area contributed by atoms with Crippen molar-refractivity contribution >= 4 is 34.8 Å². The minimum atomic E-state index is -0.858. The topological polar surface area (TPSA) is 122 Å². The van der Waals surface area contributed by atoms with Gasteiger partial charge >= 0.3 is 5.69 Å². The molecule has 122 valence electrons. The normalized spacial score (nSPS) is 10.8. The Bertz CT molecular complexity index is 989. The average Bonchev–Trinajstić information content (AvgIpc) is 2.52. The van der Waals surface area contributed by atoms with Crippen molar-refractivity contribution in [2.45, 2.75) is 6.54 Å². The predicted octanol–water partition coefficient (Wildman–Crippen LogP) is -0.587. The quantitative estimate of drug-likeness (QED) is 0.731. The SMILES string of the molecule is Cn1c(N)c(C(=O)Cn2ncc(Cl)c(Cl)c2=O)c(=O)n(C)c1=O. The van der Waals surface area contributed by atoms with Crippen molar-refractivity contribution in [2.75, 3.05) is 5.73 Å². The molecule has 0 aliphatic heterocycles. The van der Waals surface area contributed by atoms with Gasteiger partial charge in [-0.15, -0.1) is 0 Å². The monoisotopic (exact) mass is 359 g/mol. The first kappa shape index (κ1) is 17.0. The fraction of sp³-hybridized carbons (Fsp3) is 0.250. The number of hydrogen-bond acceptors (Lipinski definition) is 6. The Kier molecular flexibility index (Phi) is 4.44. The molecule has 2 N–H and O–H groups in total. The Balaban J connectivity index is 2.56. The van der Waals surface area contributed by atoms with Crippen LogP contribution in [0.15, 0.2) is 20.6 Å². The Labute approximate surface area is 138 Å². The van der Waals surface area contributed by atoms with E-state index >= 15 is 0 Å². The van der Waals surface area contributed by atoms with Gasteiger partial charge in [0.25, 0.3) is 11.1 Å². The third-order valence-corrected chi connectivity index (χ3v) is 3.97. The van der Waals surface area contributed by atoms with Crippen LogP contribution < -0.4 is 22.5 Å².